The minimum absolute atomic E-state index is 0.0535. The van der Waals surface area contributed by atoms with Crippen LogP contribution in [0.4, 0.5) is 5.69 Å². The standard InChI is InChI=1S/C32H41N3O4S/c1-7-26(6)33-32(37)30(8-2)34(21-27-15-13-12-14-25(27)5)31(36)22-35(28-19-23(3)18-24(4)20-28)40(38,39)29-16-10-9-11-17-29/h9-20,26,30H,7-8,21-22H2,1-6H3,(H,33,37)/t26-,30+/m1/s1. The van der Waals surface area contributed by atoms with Crippen LogP contribution in [-0.2, 0) is 26.2 Å². The first-order valence-electron chi connectivity index (χ1n) is 13.8. The summed E-state index contributed by atoms with van der Waals surface area (Å²) in [6.45, 7) is 11.2. The van der Waals surface area contributed by atoms with E-state index in [-0.39, 0.29) is 23.4 Å². The minimum atomic E-state index is -4.09. The molecule has 0 aliphatic rings. The molecule has 214 valence electrons. The maximum absolute atomic E-state index is 14.2. The van der Waals surface area contributed by atoms with Gasteiger partial charge in [0.25, 0.3) is 10.0 Å². The lowest BCUT2D eigenvalue weighted by molar-refractivity contribution is -0.140. The Balaban J connectivity index is 2.09. The Kier molecular flexibility index (Phi) is 10.5. The molecule has 1 N–H and O–H groups in total. The van der Waals surface area contributed by atoms with Gasteiger partial charge in [-0.3, -0.25) is 13.9 Å². The predicted octanol–water partition coefficient (Wildman–Crippen LogP) is 5.53. The molecule has 3 aromatic rings. The molecular weight excluding hydrogens is 522 g/mol. The SMILES string of the molecule is CC[C@@H](C)NC(=O)[C@H](CC)N(Cc1ccccc1C)C(=O)CN(c1cc(C)cc(C)c1)S(=O)(=O)c1ccccc1. The highest BCUT2D eigenvalue weighted by molar-refractivity contribution is 7.92. The van der Waals surface area contributed by atoms with Crippen molar-refractivity contribution in [1.29, 1.82) is 0 Å². The quantitative estimate of drug-likeness (QED) is 0.314. The van der Waals surface area contributed by atoms with Gasteiger partial charge in [0.1, 0.15) is 12.6 Å². The molecule has 0 unspecified atom stereocenters. The number of amides is 2. The normalized spacial score (nSPS) is 12.8. The maximum atomic E-state index is 14.2. The number of benzene rings is 3. The van der Waals surface area contributed by atoms with Gasteiger partial charge in [-0.1, -0.05) is 62.4 Å². The molecule has 2 amide bonds. The Morgan fingerprint density at radius 1 is 0.850 bits per heavy atom. The van der Waals surface area contributed by atoms with Crippen LogP contribution < -0.4 is 9.62 Å². The number of nitrogens with zero attached hydrogens (tertiary/aromatic N) is 2. The van der Waals surface area contributed by atoms with Crippen LogP contribution in [0.3, 0.4) is 0 Å². The molecule has 0 spiro atoms. The smallest absolute Gasteiger partial charge is 0.264 e. The molecule has 2 atom stereocenters. The zero-order valence-electron chi connectivity index (χ0n) is 24.3. The third kappa shape index (κ3) is 7.50. The first kappa shape index (κ1) is 30.9. The van der Waals surface area contributed by atoms with Gasteiger partial charge in [-0.2, -0.15) is 0 Å². The second kappa shape index (κ2) is 13.6. The van der Waals surface area contributed by atoms with Crippen LogP contribution in [-0.4, -0.2) is 43.8 Å². The molecule has 0 aliphatic carbocycles. The summed E-state index contributed by atoms with van der Waals surface area (Å²) in [6, 6.07) is 20.5. The van der Waals surface area contributed by atoms with E-state index in [1.165, 1.54) is 17.0 Å². The topological polar surface area (TPSA) is 86.8 Å². The van der Waals surface area contributed by atoms with E-state index in [0.29, 0.717) is 12.1 Å². The first-order valence-corrected chi connectivity index (χ1v) is 15.2. The Morgan fingerprint density at radius 2 is 1.45 bits per heavy atom. The van der Waals surface area contributed by atoms with Gasteiger partial charge in [0.2, 0.25) is 11.8 Å². The summed E-state index contributed by atoms with van der Waals surface area (Å²) in [5.41, 5.74) is 4.05. The van der Waals surface area contributed by atoms with Crippen molar-refractivity contribution >= 4 is 27.5 Å². The van der Waals surface area contributed by atoms with Crippen LogP contribution in [0.1, 0.15) is 55.9 Å². The highest BCUT2D eigenvalue weighted by Gasteiger charge is 2.34. The van der Waals surface area contributed by atoms with Crippen molar-refractivity contribution in [3.63, 3.8) is 0 Å². The summed E-state index contributed by atoms with van der Waals surface area (Å²) < 4.78 is 29.1. The van der Waals surface area contributed by atoms with E-state index >= 15 is 0 Å². The molecule has 40 heavy (non-hydrogen) atoms. The number of sulfonamides is 1. The van der Waals surface area contributed by atoms with Crippen molar-refractivity contribution < 1.29 is 18.0 Å². The zero-order valence-corrected chi connectivity index (χ0v) is 25.2. The van der Waals surface area contributed by atoms with Crippen LogP contribution in [0.2, 0.25) is 0 Å². The summed E-state index contributed by atoms with van der Waals surface area (Å²) in [5, 5.41) is 3.01. The zero-order chi connectivity index (χ0) is 29.4. The lowest BCUT2D eigenvalue weighted by atomic mass is 10.1. The van der Waals surface area contributed by atoms with E-state index in [9.17, 15) is 18.0 Å². The second-order valence-electron chi connectivity index (χ2n) is 10.4. The fourth-order valence-corrected chi connectivity index (χ4v) is 6.09. The number of anilines is 1. The third-order valence-electron chi connectivity index (χ3n) is 7.09. The highest BCUT2D eigenvalue weighted by atomic mass is 32.2. The summed E-state index contributed by atoms with van der Waals surface area (Å²) in [6.07, 6.45) is 1.14. The monoisotopic (exact) mass is 563 g/mol. The largest absolute Gasteiger partial charge is 0.352 e. The fraction of sp³-hybridized carbons (Fsp3) is 0.375. The van der Waals surface area contributed by atoms with E-state index in [1.807, 2.05) is 71.9 Å². The summed E-state index contributed by atoms with van der Waals surface area (Å²) in [5.74, 6) is -0.698. The number of nitrogens with one attached hydrogen (secondary N) is 1. The number of carbonyl (C=O) groups excluding carboxylic acids is 2. The Morgan fingerprint density at radius 3 is 2.02 bits per heavy atom. The average molecular weight is 564 g/mol. The Labute approximate surface area is 239 Å². The third-order valence-corrected chi connectivity index (χ3v) is 8.88. The van der Waals surface area contributed by atoms with Gasteiger partial charge in [0.15, 0.2) is 0 Å². The molecule has 0 heterocycles. The first-order chi connectivity index (χ1) is 19.0. The predicted molar refractivity (Wildman–Crippen MR) is 161 cm³/mol. The molecule has 3 rings (SSSR count). The van der Waals surface area contributed by atoms with Crippen LogP contribution in [0.5, 0.6) is 0 Å². The van der Waals surface area contributed by atoms with Gasteiger partial charge in [-0.05, 0) is 87.1 Å². The molecule has 0 aliphatic heterocycles. The molecule has 8 heteroatoms. The van der Waals surface area contributed by atoms with E-state index in [0.717, 1.165) is 33.0 Å². The van der Waals surface area contributed by atoms with Gasteiger partial charge < -0.3 is 10.2 Å². The molecule has 0 saturated heterocycles. The number of rotatable bonds is 12. The van der Waals surface area contributed by atoms with Crippen LogP contribution >= 0.6 is 0 Å². The van der Waals surface area contributed by atoms with Crippen LogP contribution in [0.15, 0.2) is 77.7 Å². The van der Waals surface area contributed by atoms with E-state index in [4.69, 9.17) is 0 Å². The molecule has 0 radical (unpaired) electrons. The Bertz CT molecular complexity index is 1400. The molecular formula is C32H41N3O4S. The molecule has 3 aromatic carbocycles. The number of hydrogen-bond donors (Lipinski definition) is 1. The fourth-order valence-electron chi connectivity index (χ4n) is 4.67. The highest BCUT2D eigenvalue weighted by Crippen LogP contribution is 2.27. The van der Waals surface area contributed by atoms with Gasteiger partial charge in [-0.15, -0.1) is 0 Å². The van der Waals surface area contributed by atoms with Gasteiger partial charge in [-0.25, -0.2) is 8.42 Å². The lowest BCUT2D eigenvalue weighted by Gasteiger charge is -2.34. The van der Waals surface area contributed by atoms with Crippen molar-refractivity contribution in [3.05, 3.63) is 95.1 Å². The van der Waals surface area contributed by atoms with Gasteiger partial charge in [0.05, 0.1) is 10.6 Å². The summed E-state index contributed by atoms with van der Waals surface area (Å²) >= 11 is 0. The second-order valence-corrected chi connectivity index (χ2v) is 12.2. The summed E-state index contributed by atoms with van der Waals surface area (Å²) in [7, 11) is -4.09. The van der Waals surface area contributed by atoms with E-state index in [1.54, 1.807) is 30.3 Å². The molecule has 0 fully saturated rings. The molecule has 0 saturated carbocycles. The van der Waals surface area contributed by atoms with Crippen molar-refractivity contribution in [1.82, 2.24) is 10.2 Å². The van der Waals surface area contributed by atoms with Crippen molar-refractivity contribution in [2.75, 3.05) is 10.8 Å². The molecule has 7 nitrogen and oxygen atoms in total. The van der Waals surface area contributed by atoms with Crippen LogP contribution in [0, 0.1) is 20.8 Å². The maximum Gasteiger partial charge on any atom is 0.264 e. The number of carbonyl (C=O) groups is 2. The lowest BCUT2D eigenvalue weighted by Crippen LogP contribution is -2.53. The van der Waals surface area contributed by atoms with Crippen molar-refractivity contribution in [2.45, 2.75) is 77.9 Å². The van der Waals surface area contributed by atoms with Crippen molar-refractivity contribution in [3.8, 4) is 0 Å². The van der Waals surface area contributed by atoms with Gasteiger partial charge in [0, 0.05) is 12.6 Å². The van der Waals surface area contributed by atoms with Crippen LogP contribution in [0.25, 0.3) is 0 Å². The summed E-state index contributed by atoms with van der Waals surface area (Å²) in [4.78, 5) is 29.2. The van der Waals surface area contributed by atoms with Gasteiger partial charge >= 0.3 is 0 Å². The Hall–Kier alpha value is -3.65. The number of aryl methyl sites for hydroxylation is 3. The average Bonchev–Trinajstić information content (AvgIpc) is 2.92. The van der Waals surface area contributed by atoms with Crippen molar-refractivity contribution in [2.24, 2.45) is 0 Å². The molecule has 0 bridgehead atoms. The minimum Gasteiger partial charge on any atom is -0.352 e. The van der Waals surface area contributed by atoms with E-state index in [2.05, 4.69) is 5.32 Å². The number of hydrogen-bond acceptors (Lipinski definition) is 4. The molecule has 0 aromatic heterocycles. The van der Waals surface area contributed by atoms with E-state index < -0.39 is 28.5 Å².